The van der Waals surface area contributed by atoms with Crippen molar-refractivity contribution in [2.24, 2.45) is 0 Å². The monoisotopic (exact) mass is 255 g/mol. The molecule has 3 heteroatoms. The van der Waals surface area contributed by atoms with Gasteiger partial charge in [0.1, 0.15) is 5.82 Å². The summed E-state index contributed by atoms with van der Waals surface area (Å²) in [6.07, 6.45) is 6.58. The van der Waals surface area contributed by atoms with Gasteiger partial charge in [0.05, 0.1) is 0 Å². The normalized spacial score (nSPS) is 20.6. The number of aromatic nitrogens is 2. The fourth-order valence-corrected chi connectivity index (χ4v) is 2.97. The van der Waals surface area contributed by atoms with Crippen molar-refractivity contribution >= 4 is 0 Å². The Hall–Kier alpha value is -1.61. The van der Waals surface area contributed by atoms with E-state index in [4.69, 9.17) is 0 Å². The van der Waals surface area contributed by atoms with Gasteiger partial charge in [-0.3, -0.25) is 0 Å². The summed E-state index contributed by atoms with van der Waals surface area (Å²) in [4.78, 5) is 7.02. The van der Waals surface area contributed by atoms with Crippen LogP contribution in [0.1, 0.15) is 30.1 Å². The summed E-state index contributed by atoms with van der Waals surface area (Å²) >= 11 is 0. The van der Waals surface area contributed by atoms with Gasteiger partial charge in [0.2, 0.25) is 0 Å². The van der Waals surface area contributed by atoms with Crippen LogP contribution >= 0.6 is 0 Å². The zero-order chi connectivity index (χ0) is 13.1. The molecule has 100 valence electrons. The van der Waals surface area contributed by atoms with Gasteiger partial charge in [-0.1, -0.05) is 30.3 Å². The third-order valence-corrected chi connectivity index (χ3v) is 3.93. The Labute approximate surface area is 114 Å². The van der Waals surface area contributed by atoms with Gasteiger partial charge in [0, 0.05) is 31.4 Å². The SMILES string of the molecule is CN1CCCC(c2nccn2Cc2ccccc2)C1. The number of imidazole rings is 1. The first kappa shape index (κ1) is 12.4. The molecule has 0 aliphatic carbocycles. The van der Waals surface area contributed by atoms with E-state index < -0.39 is 0 Å². The number of rotatable bonds is 3. The zero-order valence-corrected chi connectivity index (χ0v) is 11.5. The molecule has 19 heavy (non-hydrogen) atoms. The predicted octanol–water partition coefficient (Wildman–Crippen LogP) is 2.74. The molecule has 0 N–H and O–H groups in total. The van der Waals surface area contributed by atoms with Crippen LogP contribution in [0.15, 0.2) is 42.7 Å². The predicted molar refractivity (Wildman–Crippen MR) is 77.2 cm³/mol. The quantitative estimate of drug-likeness (QED) is 0.841. The molecule has 1 aromatic heterocycles. The third kappa shape index (κ3) is 2.87. The topological polar surface area (TPSA) is 21.1 Å². The van der Waals surface area contributed by atoms with Gasteiger partial charge in [-0.25, -0.2) is 4.98 Å². The van der Waals surface area contributed by atoms with Crippen LogP contribution in [0.3, 0.4) is 0 Å². The first-order chi connectivity index (χ1) is 9.33. The van der Waals surface area contributed by atoms with E-state index in [1.54, 1.807) is 0 Å². The Morgan fingerprint density at radius 1 is 1.26 bits per heavy atom. The smallest absolute Gasteiger partial charge is 0.113 e. The average molecular weight is 255 g/mol. The second kappa shape index (κ2) is 5.57. The fourth-order valence-electron chi connectivity index (χ4n) is 2.97. The summed E-state index contributed by atoms with van der Waals surface area (Å²) in [7, 11) is 2.20. The van der Waals surface area contributed by atoms with Crippen molar-refractivity contribution in [1.82, 2.24) is 14.5 Å². The standard InChI is InChI=1S/C16H21N3/c1-18-10-5-8-15(13-18)16-17-9-11-19(16)12-14-6-3-2-4-7-14/h2-4,6-7,9,11,15H,5,8,10,12-13H2,1H3. The lowest BCUT2D eigenvalue weighted by Gasteiger charge is -2.29. The highest BCUT2D eigenvalue weighted by Crippen LogP contribution is 2.25. The molecule has 1 saturated heterocycles. The maximum absolute atomic E-state index is 4.61. The van der Waals surface area contributed by atoms with Crippen LogP contribution in [0, 0.1) is 0 Å². The molecule has 1 aliphatic rings. The minimum atomic E-state index is 0.581. The lowest BCUT2D eigenvalue weighted by molar-refractivity contribution is 0.243. The Kier molecular flexibility index (Phi) is 3.65. The van der Waals surface area contributed by atoms with Gasteiger partial charge in [-0.15, -0.1) is 0 Å². The van der Waals surface area contributed by atoms with Gasteiger partial charge >= 0.3 is 0 Å². The first-order valence-electron chi connectivity index (χ1n) is 7.06. The van der Waals surface area contributed by atoms with Crippen LogP contribution < -0.4 is 0 Å². The highest BCUT2D eigenvalue weighted by atomic mass is 15.1. The molecule has 1 aliphatic heterocycles. The summed E-state index contributed by atoms with van der Waals surface area (Å²) < 4.78 is 2.30. The lowest BCUT2D eigenvalue weighted by atomic mass is 9.97. The molecule has 2 aromatic rings. The van der Waals surface area contributed by atoms with Crippen LogP contribution in [-0.2, 0) is 6.54 Å². The van der Waals surface area contributed by atoms with Crippen LogP contribution in [0.25, 0.3) is 0 Å². The molecule has 1 aromatic carbocycles. The molecule has 1 fully saturated rings. The van der Waals surface area contributed by atoms with E-state index in [9.17, 15) is 0 Å². The van der Waals surface area contributed by atoms with E-state index in [1.807, 2.05) is 6.20 Å². The van der Waals surface area contributed by atoms with Crippen molar-refractivity contribution in [2.75, 3.05) is 20.1 Å². The molecule has 0 spiro atoms. The minimum absolute atomic E-state index is 0.581. The summed E-state index contributed by atoms with van der Waals surface area (Å²) in [5.41, 5.74) is 1.34. The Morgan fingerprint density at radius 3 is 2.89 bits per heavy atom. The average Bonchev–Trinajstić information content (AvgIpc) is 2.88. The van der Waals surface area contributed by atoms with Crippen LogP contribution in [0.4, 0.5) is 0 Å². The van der Waals surface area contributed by atoms with Crippen molar-refractivity contribution in [3.63, 3.8) is 0 Å². The number of benzene rings is 1. The van der Waals surface area contributed by atoms with Crippen molar-refractivity contribution in [3.05, 3.63) is 54.1 Å². The van der Waals surface area contributed by atoms with Gasteiger partial charge in [0.25, 0.3) is 0 Å². The van der Waals surface area contributed by atoms with Crippen molar-refractivity contribution < 1.29 is 0 Å². The van der Waals surface area contributed by atoms with E-state index in [0.29, 0.717) is 5.92 Å². The Bertz CT molecular complexity index is 518. The molecule has 0 saturated carbocycles. The second-order valence-corrected chi connectivity index (χ2v) is 5.50. The van der Waals surface area contributed by atoms with E-state index >= 15 is 0 Å². The van der Waals surface area contributed by atoms with Gasteiger partial charge in [-0.05, 0) is 32.0 Å². The molecule has 3 rings (SSSR count). The Morgan fingerprint density at radius 2 is 2.11 bits per heavy atom. The van der Waals surface area contributed by atoms with E-state index in [1.165, 1.54) is 30.8 Å². The highest BCUT2D eigenvalue weighted by Gasteiger charge is 2.22. The summed E-state index contributed by atoms with van der Waals surface area (Å²) in [5.74, 6) is 1.83. The molecule has 0 radical (unpaired) electrons. The number of nitrogens with zero attached hydrogens (tertiary/aromatic N) is 3. The molecular weight excluding hydrogens is 234 g/mol. The Balaban J connectivity index is 1.78. The van der Waals surface area contributed by atoms with Crippen LogP contribution in [0.5, 0.6) is 0 Å². The van der Waals surface area contributed by atoms with Crippen LogP contribution in [0.2, 0.25) is 0 Å². The molecule has 0 amide bonds. The largest absolute Gasteiger partial charge is 0.330 e. The maximum Gasteiger partial charge on any atom is 0.113 e. The maximum atomic E-state index is 4.61. The zero-order valence-electron chi connectivity index (χ0n) is 11.5. The number of piperidine rings is 1. The van der Waals surface area contributed by atoms with Gasteiger partial charge in [0.15, 0.2) is 0 Å². The molecule has 1 unspecified atom stereocenters. The van der Waals surface area contributed by atoms with Crippen LogP contribution in [-0.4, -0.2) is 34.6 Å². The second-order valence-electron chi connectivity index (χ2n) is 5.50. The number of hydrogen-bond donors (Lipinski definition) is 0. The summed E-state index contributed by atoms with van der Waals surface area (Å²) in [6, 6.07) is 10.6. The van der Waals surface area contributed by atoms with E-state index in [2.05, 4.69) is 58.0 Å². The summed E-state index contributed by atoms with van der Waals surface area (Å²) in [6.45, 7) is 3.28. The molecular formula is C16H21N3. The molecule has 0 bridgehead atoms. The number of hydrogen-bond acceptors (Lipinski definition) is 2. The van der Waals surface area contributed by atoms with Crippen molar-refractivity contribution in [2.45, 2.75) is 25.3 Å². The molecule has 2 heterocycles. The van der Waals surface area contributed by atoms with E-state index in [0.717, 1.165) is 13.1 Å². The van der Waals surface area contributed by atoms with E-state index in [-0.39, 0.29) is 0 Å². The highest BCUT2D eigenvalue weighted by molar-refractivity contribution is 5.16. The first-order valence-corrected chi connectivity index (χ1v) is 7.06. The number of likely N-dealkylation sites (tertiary alicyclic amines) is 1. The number of likely N-dealkylation sites (N-methyl/N-ethyl adjacent to an activating group) is 1. The lowest BCUT2D eigenvalue weighted by Crippen LogP contribution is -2.32. The van der Waals surface area contributed by atoms with Crippen molar-refractivity contribution in [1.29, 1.82) is 0 Å². The minimum Gasteiger partial charge on any atom is -0.330 e. The third-order valence-electron chi connectivity index (χ3n) is 3.93. The van der Waals surface area contributed by atoms with Gasteiger partial charge in [-0.2, -0.15) is 0 Å². The van der Waals surface area contributed by atoms with Gasteiger partial charge < -0.3 is 9.47 Å². The van der Waals surface area contributed by atoms with Crippen molar-refractivity contribution in [3.8, 4) is 0 Å². The summed E-state index contributed by atoms with van der Waals surface area (Å²) in [5, 5.41) is 0. The molecule has 3 nitrogen and oxygen atoms in total. The molecule has 1 atom stereocenters. The fraction of sp³-hybridized carbons (Fsp3) is 0.438.